The van der Waals surface area contributed by atoms with Gasteiger partial charge in [0.05, 0.1) is 0 Å². The topological polar surface area (TPSA) is 0 Å². The van der Waals surface area contributed by atoms with Crippen LogP contribution in [-0.4, -0.2) is 0 Å². The van der Waals surface area contributed by atoms with Gasteiger partial charge in [-0.25, -0.2) is 0 Å². The van der Waals surface area contributed by atoms with E-state index in [1.165, 1.54) is 32.7 Å². The molecule has 7 aromatic rings. The fourth-order valence-electron chi connectivity index (χ4n) is 6.84. The van der Waals surface area contributed by atoms with Crippen molar-refractivity contribution >= 4 is 71.9 Å². The maximum absolute atomic E-state index is 6.52. The average Bonchev–Trinajstić information content (AvgIpc) is 3.72. The Kier molecular flexibility index (Phi) is 13.3. The van der Waals surface area contributed by atoms with Gasteiger partial charge in [0.2, 0.25) is 0 Å². The van der Waals surface area contributed by atoms with Crippen LogP contribution in [-0.2, 0) is 37.0 Å². The third-order valence-corrected chi connectivity index (χ3v) is 9.93. The summed E-state index contributed by atoms with van der Waals surface area (Å²) in [6, 6.07) is 40.9. The number of fused-ring (bicyclic) bond motifs is 5. The Morgan fingerprint density at radius 2 is 1.00 bits per heavy atom. The van der Waals surface area contributed by atoms with E-state index in [2.05, 4.69) is 133 Å². The van der Waals surface area contributed by atoms with Gasteiger partial charge in [0, 0.05) is 10.0 Å². The molecule has 0 aromatic heterocycles. The van der Waals surface area contributed by atoms with Gasteiger partial charge in [0.1, 0.15) is 0 Å². The molecule has 1 aliphatic rings. The van der Waals surface area contributed by atoms with Crippen LogP contribution in [0.3, 0.4) is 0 Å². The summed E-state index contributed by atoms with van der Waals surface area (Å²) in [6.07, 6.45) is 9.41. The average molecular weight is 838 g/mol. The molecule has 5 heteroatoms. The minimum absolute atomic E-state index is 0. The van der Waals surface area contributed by atoms with E-state index in [1.807, 2.05) is 48.6 Å². The first-order valence-electron chi connectivity index (χ1n) is 16.9. The predicted octanol–water partition coefficient (Wildman–Crippen LogP) is 8.34. The zero-order valence-electron chi connectivity index (χ0n) is 30.2. The molecule has 0 saturated carbocycles. The summed E-state index contributed by atoms with van der Waals surface area (Å²) in [5.41, 5.74) is 7.49. The van der Waals surface area contributed by atoms with E-state index in [0.717, 1.165) is 43.8 Å². The van der Waals surface area contributed by atoms with Gasteiger partial charge in [-0.3, -0.25) is 0 Å². The zero-order valence-corrected chi connectivity index (χ0v) is 35.7. The number of halogens is 4. The molecule has 0 unspecified atom stereocenters. The Bertz CT molecular complexity index is 2310. The Morgan fingerprint density at radius 1 is 0.558 bits per heavy atom. The molecule has 0 heterocycles. The summed E-state index contributed by atoms with van der Waals surface area (Å²) in [6.45, 7) is 13.6. The molecule has 0 amide bonds. The van der Waals surface area contributed by atoms with E-state index >= 15 is 0 Å². The number of benzene rings is 6. The van der Waals surface area contributed by atoms with Crippen LogP contribution in [0.2, 0.25) is 10.0 Å². The van der Waals surface area contributed by atoms with Gasteiger partial charge in [-0.2, -0.15) is 23.8 Å². The summed E-state index contributed by atoms with van der Waals surface area (Å²) in [7, 11) is 0. The SMILES string of the molecule is CC(C)(C)c1ccc2c(c1)[cH-]c1cc(C(C)(C)C)ccc12.Clc1cc(C(=C2[C-]=CC=C2)c2cc(Cl)cc3ccccc23)c2ccccc2c1.[Cl-].[Cl-].[Zr+4]. The van der Waals surface area contributed by atoms with Crippen LogP contribution >= 0.6 is 23.2 Å². The Morgan fingerprint density at radius 3 is 1.40 bits per heavy atom. The third-order valence-electron chi connectivity index (χ3n) is 9.50. The van der Waals surface area contributed by atoms with Crippen molar-refractivity contribution in [1.82, 2.24) is 0 Å². The first kappa shape index (κ1) is 41.7. The fraction of sp³-hybridized carbons (Fsp3) is 0.170. The van der Waals surface area contributed by atoms with Crippen molar-refractivity contribution < 1.29 is 51.0 Å². The first-order valence-corrected chi connectivity index (χ1v) is 17.6. The van der Waals surface area contributed by atoms with Crippen LogP contribution in [0.5, 0.6) is 0 Å². The van der Waals surface area contributed by atoms with E-state index in [0.29, 0.717) is 10.0 Å². The van der Waals surface area contributed by atoms with E-state index in [9.17, 15) is 0 Å². The Hall–Kier alpha value is -3.03. The van der Waals surface area contributed by atoms with Crippen molar-refractivity contribution in [1.29, 1.82) is 0 Å². The molecule has 0 nitrogen and oxygen atoms in total. The summed E-state index contributed by atoms with van der Waals surface area (Å²) in [5.74, 6) is 0. The van der Waals surface area contributed by atoms with E-state index < -0.39 is 0 Å². The number of rotatable bonds is 2. The van der Waals surface area contributed by atoms with E-state index in [4.69, 9.17) is 23.2 Å². The molecule has 0 atom stereocenters. The van der Waals surface area contributed by atoms with Gasteiger partial charge in [0.15, 0.2) is 0 Å². The summed E-state index contributed by atoms with van der Waals surface area (Å²) in [4.78, 5) is 0. The van der Waals surface area contributed by atoms with Crippen molar-refractivity contribution in [2.24, 2.45) is 0 Å². The van der Waals surface area contributed by atoms with Gasteiger partial charge in [-0.1, -0.05) is 154 Å². The van der Waals surface area contributed by atoms with Crippen molar-refractivity contribution in [3.63, 3.8) is 0 Å². The minimum Gasteiger partial charge on any atom is -1.00 e. The normalized spacial score (nSPS) is 12.3. The molecular weight excluding hydrogens is 798 g/mol. The fourth-order valence-corrected chi connectivity index (χ4v) is 7.29. The number of allylic oxidation sites excluding steroid dienone is 5. The molecule has 0 spiro atoms. The maximum Gasteiger partial charge on any atom is 4.00 e. The Balaban J connectivity index is 0.000000228. The first-order chi connectivity index (χ1) is 23.4. The van der Waals surface area contributed by atoms with Crippen LogP contribution in [0.25, 0.3) is 48.7 Å². The second-order valence-corrected chi connectivity index (χ2v) is 15.9. The quantitative estimate of drug-likeness (QED) is 0.154. The standard InChI is InChI=1S/C26H15Cl2.C21H25.2ClH.Zr/c27-20-13-18-9-3-5-11-22(18)24(15-20)26(17-7-1-2-8-17)25-16-21(28)14-19-10-4-6-12-23(19)25;1-20(2,3)16-7-9-18-14(12-16)11-15-13-17(21(4,5)6)8-10-19(15)18;;;/h1-7,9-16H;7-13H,1-6H3;2*1H;/q2*-1;;;+4/p-2. The molecule has 0 radical (unpaired) electrons. The molecule has 7 aromatic carbocycles. The third kappa shape index (κ3) is 8.52. The van der Waals surface area contributed by atoms with Crippen LogP contribution in [0.4, 0.5) is 0 Å². The van der Waals surface area contributed by atoms with Crippen molar-refractivity contribution in [3.05, 3.63) is 177 Å². The molecule has 8 rings (SSSR count). The van der Waals surface area contributed by atoms with Crippen LogP contribution < -0.4 is 24.8 Å². The molecule has 0 fully saturated rings. The second kappa shape index (κ2) is 16.6. The number of hydrogen-bond acceptors (Lipinski definition) is 0. The van der Waals surface area contributed by atoms with E-state index in [1.54, 1.807) is 0 Å². The second-order valence-electron chi connectivity index (χ2n) is 15.1. The summed E-state index contributed by atoms with van der Waals surface area (Å²) < 4.78 is 0. The van der Waals surface area contributed by atoms with Gasteiger partial charge >= 0.3 is 26.2 Å². The summed E-state index contributed by atoms with van der Waals surface area (Å²) >= 11 is 13.0. The molecule has 0 N–H and O–H groups in total. The van der Waals surface area contributed by atoms with Crippen LogP contribution in [0, 0.1) is 6.08 Å². The van der Waals surface area contributed by atoms with Gasteiger partial charge in [0.25, 0.3) is 0 Å². The molecule has 0 aliphatic heterocycles. The molecule has 260 valence electrons. The molecule has 0 saturated heterocycles. The molecular formula is C47H40Cl4Zr. The molecule has 0 bridgehead atoms. The number of hydrogen-bond donors (Lipinski definition) is 0. The van der Waals surface area contributed by atoms with Gasteiger partial charge in [-0.15, -0.1) is 45.8 Å². The largest absolute Gasteiger partial charge is 4.00 e. The Labute approximate surface area is 349 Å². The van der Waals surface area contributed by atoms with Gasteiger partial charge in [-0.05, 0) is 67.8 Å². The van der Waals surface area contributed by atoms with Gasteiger partial charge < -0.3 is 24.8 Å². The molecule has 52 heavy (non-hydrogen) atoms. The predicted molar refractivity (Wildman–Crippen MR) is 215 cm³/mol. The van der Waals surface area contributed by atoms with Crippen molar-refractivity contribution in [2.45, 2.75) is 52.4 Å². The summed E-state index contributed by atoms with van der Waals surface area (Å²) in [5, 5.41) is 11.4. The minimum atomic E-state index is 0. The molecule has 1 aliphatic carbocycles. The van der Waals surface area contributed by atoms with Crippen LogP contribution in [0.15, 0.2) is 139 Å². The van der Waals surface area contributed by atoms with Crippen molar-refractivity contribution in [2.75, 3.05) is 0 Å². The maximum atomic E-state index is 6.52. The zero-order chi connectivity index (χ0) is 34.5. The monoisotopic (exact) mass is 834 g/mol. The smallest absolute Gasteiger partial charge is 1.00 e. The van der Waals surface area contributed by atoms with Crippen LogP contribution in [0.1, 0.15) is 63.8 Å². The van der Waals surface area contributed by atoms with E-state index in [-0.39, 0.29) is 61.8 Å². The van der Waals surface area contributed by atoms with Crippen molar-refractivity contribution in [3.8, 4) is 0 Å².